The number of hydrogen-bond acceptors (Lipinski definition) is 3. The molecule has 1 saturated heterocycles. The second-order valence-corrected chi connectivity index (χ2v) is 5.15. The molecule has 98 valence electrons. The standard InChI is InChI=1S/C11H18FNO4/c1-11(2,3)17-10(16)13-5-4-7(12)6-8(13)9(14)15/h7-8H,4-6H2,1-3H3,(H,14,15)/t7-,8-/m0/s1. The SMILES string of the molecule is CC(C)(C)OC(=O)N1CC[C@H](F)C[C@H]1C(=O)O. The molecule has 17 heavy (non-hydrogen) atoms. The van der Waals surface area contributed by atoms with Crippen molar-refractivity contribution in [1.82, 2.24) is 4.90 Å². The van der Waals surface area contributed by atoms with Gasteiger partial charge in [-0.1, -0.05) is 0 Å². The topological polar surface area (TPSA) is 66.8 Å². The third kappa shape index (κ3) is 3.87. The molecule has 1 aliphatic rings. The summed E-state index contributed by atoms with van der Waals surface area (Å²) in [6, 6.07) is -1.13. The van der Waals surface area contributed by atoms with Crippen molar-refractivity contribution in [2.45, 2.75) is 51.4 Å². The number of nitrogens with zero attached hydrogens (tertiary/aromatic N) is 1. The molecule has 0 spiro atoms. The highest BCUT2D eigenvalue weighted by molar-refractivity contribution is 5.80. The van der Waals surface area contributed by atoms with E-state index in [-0.39, 0.29) is 19.4 Å². The zero-order valence-electron chi connectivity index (χ0n) is 10.3. The molecule has 2 atom stereocenters. The first-order valence-corrected chi connectivity index (χ1v) is 5.57. The molecule has 1 aliphatic heterocycles. The second kappa shape index (κ2) is 4.89. The van der Waals surface area contributed by atoms with Crippen LogP contribution in [0.1, 0.15) is 33.6 Å². The van der Waals surface area contributed by atoms with E-state index in [9.17, 15) is 14.0 Å². The first-order valence-electron chi connectivity index (χ1n) is 5.57. The third-order valence-electron chi connectivity index (χ3n) is 2.45. The molecule has 0 aliphatic carbocycles. The van der Waals surface area contributed by atoms with Gasteiger partial charge < -0.3 is 9.84 Å². The van der Waals surface area contributed by atoms with E-state index in [0.717, 1.165) is 4.90 Å². The zero-order chi connectivity index (χ0) is 13.2. The predicted octanol–water partition coefficient (Wildman–Crippen LogP) is 1.81. The highest BCUT2D eigenvalue weighted by Gasteiger charge is 2.38. The number of alkyl halides is 1. The minimum absolute atomic E-state index is 0.0764. The van der Waals surface area contributed by atoms with E-state index in [1.807, 2.05) is 0 Å². The van der Waals surface area contributed by atoms with E-state index in [2.05, 4.69) is 0 Å². The van der Waals surface area contributed by atoms with Gasteiger partial charge in [0.25, 0.3) is 0 Å². The van der Waals surface area contributed by atoms with Crippen molar-refractivity contribution < 1.29 is 23.8 Å². The molecule has 0 aromatic rings. The van der Waals surface area contributed by atoms with Crippen LogP contribution in [0.5, 0.6) is 0 Å². The second-order valence-electron chi connectivity index (χ2n) is 5.15. The van der Waals surface area contributed by atoms with Crippen LogP contribution in [0.25, 0.3) is 0 Å². The normalized spacial score (nSPS) is 25.5. The Balaban J connectivity index is 2.73. The van der Waals surface area contributed by atoms with Crippen LogP contribution in [-0.4, -0.2) is 46.4 Å². The van der Waals surface area contributed by atoms with Crippen molar-refractivity contribution in [2.24, 2.45) is 0 Å². The van der Waals surface area contributed by atoms with E-state index in [1.54, 1.807) is 20.8 Å². The first kappa shape index (κ1) is 13.7. The number of ether oxygens (including phenoxy) is 1. The quantitative estimate of drug-likeness (QED) is 0.767. The third-order valence-corrected chi connectivity index (χ3v) is 2.45. The summed E-state index contributed by atoms with van der Waals surface area (Å²) >= 11 is 0. The van der Waals surface area contributed by atoms with Crippen molar-refractivity contribution in [2.75, 3.05) is 6.54 Å². The maximum atomic E-state index is 13.1. The van der Waals surface area contributed by atoms with Crippen LogP contribution in [0.3, 0.4) is 0 Å². The van der Waals surface area contributed by atoms with Gasteiger partial charge in [-0.25, -0.2) is 14.0 Å². The van der Waals surface area contributed by atoms with Crippen LogP contribution in [-0.2, 0) is 9.53 Å². The number of aliphatic carboxylic acids is 1. The summed E-state index contributed by atoms with van der Waals surface area (Å²) in [5.74, 6) is -1.20. The number of amides is 1. The molecule has 1 fully saturated rings. The van der Waals surface area contributed by atoms with Crippen LogP contribution in [0, 0.1) is 0 Å². The zero-order valence-corrected chi connectivity index (χ0v) is 10.3. The van der Waals surface area contributed by atoms with E-state index < -0.39 is 29.9 Å². The minimum atomic E-state index is -1.20. The van der Waals surface area contributed by atoms with Gasteiger partial charge >= 0.3 is 12.1 Å². The van der Waals surface area contributed by atoms with Gasteiger partial charge in [0.1, 0.15) is 17.8 Å². The molecule has 6 heteroatoms. The lowest BCUT2D eigenvalue weighted by Crippen LogP contribution is -2.52. The number of likely N-dealkylation sites (tertiary alicyclic amines) is 1. The van der Waals surface area contributed by atoms with Crippen molar-refractivity contribution in [1.29, 1.82) is 0 Å². The van der Waals surface area contributed by atoms with Crippen molar-refractivity contribution in [3.8, 4) is 0 Å². The van der Waals surface area contributed by atoms with Crippen molar-refractivity contribution in [3.05, 3.63) is 0 Å². The summed E-state index contributed by atoms with van der Waals surface area (Å²) < 4.78 is 18.2. The predicted molar refractivity (Wildman–Crippen MR) is 58.5 cm³/mol. The smallest absolute Gasteiger partial charge is 0.411 e. The number of halogens is 1. The minimum Gasteiger partial charge on any atom is -0.480 e. The molecule has 1 amide bonds. The van der Waals surface area contributed by atoms with Gasteiger partial charge in [-0.15, -0.1) is 0 Å². The van der Waals surface area contributed by atoms with E-state index in [0.29, 0.717) is 0 Å². The summed E-state index contributed by atoms with van der Waals surface area (Å²) in [5, 5.41) is 8.96. The van der Waals surface area contributed by atoms with E-state index >= 15 is 0 Å². The molecule has 0 aromatic heterocycles. The Bertz CT molecular complexity index is 313. The Hall–Kier alpha value is -1.33. The molecule has 0 radical (unpaired) electrons. The van der Waals surface area contributed by atoms with E-state index in [4.69, 9.17) is 9.84 Å². The number of rotatable bonds is 1. The Morgan fingerprint density at radius 1 is 1.41 bits per heavy atom. The molecule has 1 rings (SSSR count). The highest BCUT2D eigenvalue weighted by atomic mass is 19.1. The Morgan fingerprint density at radius 3 is 2.47 bits per heavy atom. The van der Waals surface area contributed by atoms with E-state index in [1.165, 1.54) is 0 Å². The van der Waals surface area contributed by atoms with Gasteiger partial charge in [0.05, 0.1) is 0 Å². The highest BCUT2D eigenvalue weighted by Crippen LogP contribution is 2.22. The van der Waals surface area contributed by atoms with Crippen molar-refractivity contribution in [3.63, 3.8) is 0 Å². The number of hydrogen-bond donors (Lipinski definition) is 1. The molecule has 0 saturated carbocycles. The molecular weight excluding hydrogens is 229 g/mol. The Labute approximate surface area is 99.5 Å². The number of carbonyl (C=O) groups excluding carboxylic acids is 1. The van der Waals surface area contributed by atoms with Crippen LogP contribution in [0.4, 0.5) is 9.18 Å². The molecule has 1 heterocycles. The molecule has 0 bridgehead atoms. The first-order chi connectivity index (χ1) is 7.70. The Kier molecular flexibility index (Phi) is 3.95. The lowest BCUT2D eigenvalue weighted by atomic mass is 10.0. The van der Waals surface area contributed by atoms with Gasteiger partial charge in [0.2, 0.25) is 0 Å². The molecule has 0 aromatic carbocycles. The summed E-state index contributed by atoms with van der Waals surface area (Å²) in [4.78, 5) is 23.8. The Morgan fingerprint density at radius 2 is 2.00 bits per heavy atom. The number of carboxylic acids is 1. The lowest BCUT2D eigenvalue weighted by Gasteiger charge is -2.35. The van der Waals surface area contributed by atoms with Crippen LogP contribution in [0.2, 0.25) is 0 Å². The van der Waals surface area contributed by atoms with Gasteiger partial charge in [-0.3, -0.25) is 4.90 Å². The fraction of sp³-hybridized carbons (Fsp3) is 0.818. The van der Waals surface area contributed by atoms with Gasteiger partial charge in [0.15, 0.2) is 0 Å². The van der Waals surface area contributed by atoms with Crippen LogP contribution < -0.4 is 0 Å². The molecular formula is C11H18FNO4. The average Bonchev–Trinajstić information content (AvgIpc) is 2.14. The average molecular weight is 247 g/mol. The molecule has 5 nitrogen and oxygen atoms in total. The molecule has 1 N–H and O–H groups in total. The maximum absolute atomic E-state index is 13.1. The number of carboxylic acid groups (broad SMARTS) is 1. The van der Waals surface area contributed by atoms with Gasteiger partial charge in [-0.05, 0) is 27.2 Å². The van der Waals surface area contributed by atoms with Crippen LogP contribution >= 0.6 is 0 Å². The summed E-state index contributed by atoms with van der Waals surface area (Å²) in [7, 11) is 0. The van der Waals surface area contributed by atoms with Crippen LogP contribution in [0.15, 0.2) is 0 Å². The largest absolute Gasteiger partial charge is 0.480 e. The number of piperidine rings is 1. The fourth-order valence-electron chi connectivity index (χ4n) is 1.70. The molecule has 0 unspecified atom stereocenters. The van der Waals surface area contributed by atoms with Gasteiger partial charge in [-0.2, -0.15) is 0 Å². The maximum Gasteiger partial charge on any atom is 0.411 e. The monoisotopic (exact) mass is 247 g/mol. The summed E-state index contributed by atoms with van der Waals surface area (Å²) in [5.41, 5.74) is -0.688. The summed E-state index contributed by atoms with van der Waals surface area (Å²) in [6.07, 6.45) is -1.89. The van der Waals surface area contributed by atoms with Gasteiger partial charge in [0, 0.05) is 13.0 Å². The number of carbonyl (C=O) groups is 2. The fourth-order valence-corrected chi connectivity index (χ4v) is 1.70. The lowest BCUT2D eigenvalue weighted by molar-refractivity contribution is -0.145. The summed E-state index contributed by atoms with van der Waals surface area (Å²) in [6.45, 7) is 5.17. The van der Waals surface area contributed by atoms with Crippen molar-refractivity contribution >= 4 is 12.1 Å².